The molecular weight excluding hydrogens is 358 g/mol. The summed E-state index contributed by atoms with van der Waals surface area (Å²) in [5.74, 6) is 0.709. The van der Waals surface area contributed by atoms with Crippen molar-refractivity contribution in [3.05, 3.63) is 46.7 Å². The third-order valence-electron chi connectivity index (χ3n) is 5.57. The minimum absolute atomic E-state index is 0.141. The second kappa shape index (κ2) is 8.31. The van der Waals surface area contributed by atoms with E-state index in [0.29, 0.717) is 24.4 Å². The number of hydrogen-bond acceptors (Lipinski definition) is 4. The molecule has 2 N–H and O–H groups in total. The monoisotopic (exact) mass is 385 g/mol. The first kappa shape index (κ1) is 18.3. The Morgan fingerprint density at radius 1 is 1.19 bits per heavy atom. The molecule has 2 fully saturated rings. The summed E-state index contributed by atoms with van der Waals surface area (Å²) in [5.41, 5.74) is 0.718. The van der Waals surface area contributed by atoms with Crippen molar-refractivity contribution < 1.29 is 9.53 Å². The maximum absolute atomic E-state index is 12.5. The fraction of sp³-hybridized carbons (Fsp3) is 0.476. The number of hydrogen-bond donors (Lipinski definition) is 2. The Kier molecular flexibility index (Phi) is 5.64. The zero-order valence-electron chi connectivity index (χ0n) is 15.7. The third-order valence-corrected chi connectivity index (χ3v) is 6.43. The number of fused-ring (bicyclic) bond motifs is 2. The summed E-state index contributed by atoms with van der Waals surface area (Å²) in [4.78, 5) is 16.6. The number of rotatable bonds is 6. The minimum Gasteiger partial charge on any atom is -0.492 e. The van der Waals surface area contributed by atoms with Crippen LogP contribution >= 0.6 is 11.3 Å². The van der Waals surface area contributed by atoms with Crippen LogP contribution in [0.5, 0.6) is 5.75 Å². The van der Waals surface area contributed by atoms with E-state index in [9.17, 15) is 4.79 Å². The summed E-state index contributed by atoms with van der Waals surface area (Å²) >= 11 is 1.83. The van der Waals surface area contributed by atoms with Gasteiger partial charge in [0.25, 0.3) is 0 Å². The van der Waals surface area contributed by atoms with Gasteiger partial charge in [-0.3, -0.25) is 4.90 Å². The molecular formula is C21H27N3O2S. The summed E-state index contributed by atoms with van der Waals surface area (Å²) in [6, 6.07) is 13.2. The summed E-state index contributed by atoms with van der Waals surface area (Å²) < 4.78 is 5.59. The molecule has 1 aromatic carbocycles. The molecule has 1 unspecified atom stereocenters. The molecule has 0 saturated carbocycles. The van der Waals surface area contributed by atoms with Crippen LogP contribution in [0.25, 0.3) is 0 Å². The first-order valence-electron chi connectivity index (χ1n) is 9.80. The van der Waals surface area contributed by atoms with Crippen molar-refractivity contribution in [3.63, 3.8) is 0 Å². The molecule has 5 nitrogen and oxygen atoms in total. The molecule has 3 atom stereocenters. The maximum atomic E-state index is 12.5. The number of piperidine rings is 1. The number of carbonyl (C=O) groups excluding carboxylic acids is 1. The zero-order valence-corrected chi connectivity index (χ0v) is 16.5. The van der Waals surface area contributed by atoms with Gasteiger partial charge in [0, 0.05) is 29.5 Å². The van der Waals surface area contributed by atoms with E-state index in [1.165, 1.54) is 17.7 Å². The SMILES string of the molecule is CCOc1ccccc1NC(=O)NC1C[C@H]2CC[C@@H](C1)N2Cc1cccs1. The van der Waals surface area contributed by atoms with E-state index in [4.69, 9.17) is 4.74 Å². The van der Waals surface area contributed by atoms with Crippen molar-refractivity contribution in [1.29, 1.82) is 0 Å². The van der Waals surface area contributed by atoms with Gasteiger partial charge in [-0.15, -0.1) is 11.3 Å². The van der Waals surface area contributed by atoms with Crippen molar-refractivity contribution in [2.45, 2.75) is 57.3 Å². The molecule has 2 amide bonds. The molecule has 2 aromatic rings. The number of benzene rings is 1. The number of nitrogens with zero attached hydrogens (tertiary/aromatic N) is 1. The van der Waals surface area contributed by atoms with Gasteiger partial charge in [0.15, 0.2) is 0 Å². The van der Waals surface area contributed by atoms with Gasteiger partial charge in [-0.1, -0.05) is 18.2 Å². The van der Waals surface area contributed by atoms with Crippen LogP contribution in [0.2, 0.25) is 0 Å². The largest absolute Gasteiger partial charge is 0.492 e. The molecule has 0 radical (unpaired) electrons. The molecule has 2 saturated heterocycles. The first-order valence-corrected chi connectivity index (χ1v) is 10.7. The highest BCUT2D eigenvalue weighted by Gasteiger charge is 2.41. The number of carbonyl (C=O) groups is 1. The average Bonchev–Trinajstić information content (AvgIpc) is 3.24. The maximum Gasteiger partial charge on any atom is 0.319 e. The fourth-order valence-corrected chi connectivity index (χ4v) is 5.14. The van der Waals surface area contributed by atoms with E-state index < -0.39 is 0 Å². The highest BCUT2D eigenvalue weighted by atomic mass is 32.1. The molecule has 0 spiro atoms. The normalized spacial score (nSPS) is 24.6. The summed E-state index contributed by atoms with van der Waals surface area (Å²) in [5, 5.41) is 8.29. The van der Waals surface area contributed by atoms with Crippen molar-refractivity contribution in [2.24, 2.45) is 0 Å². The van der Waals surface area contributed by atoms with E-state index in [0.717, 1.165) is 25.1 Å². The highest BCUT2D eigenvalue weighted by Crippen LogP contribution is 2.37. The van der Waals surface area contributed by atoms with Crippen molar-refractivity contribution in [1.82, 2.24) is 10.2 Å². The van der Waals surface area contributed by atoms with Gasteiger partial charge >= 0.3 is 6.03 Å². The second-order valence-corrected chi connectivity index (χ2v) is 8.36. The van der Waals surface area contributed by atoms with Crippen molar-refractivity contribution in [2.75, 3.05) is 11.9 Å². The Morgan fingerprint density at radius 3 is 2.67 bits per heavy atom. The smallest absolute Gasteiger partial charge is 0.319 e. The summed E-state index contributed by atoms with van der Waals surface area (Å²) in [6.07, 6.45) is 4.54. The standard InChI is InChI=1S/C21H27N3O2S/c1-2-26-20-8-4-3-7-19(20)23-21(25)22-15-12-16-9-10-17(13-15)24(16)14-18-6-5-11-27-18/h3-8,11,15-17H,2,9-10,12-14H2,1H3,(H2,22,23,25)/t15?,16-,17+. The fourth-order valence-electron chi connectivity index (χ4n) is 4.43. The highest BCUT2D eigenvalue weighted by molar-refractivity contribution is 7.09. The Hall–Kier alpha value is -2.05. The Morgan fingerprint density at radius 2 is 1.96 bits per heavy atom. The Labute approximate surface area is 164 Å². The number of anilines is 1. The molecule has 144 valence electrons. The van der Waals surface area contributed by atoms with E-state index in [2.05, 4.69) is 33.0 Å². The Bertz CT molecular complexity index is 751. The van der Waals surface area contributed by atoms with Crippen LogP contribution in [-0.4, -0.2) is 35.7 Å². The van der Waals surface area contributed by atoms with Crippen LogP contribution in [-0.2, 0) is 6.54 Å². The van der Waals surface area contributed by atoms with Gasteiger partial charge in [-0.05, 0) is 56.2 Å². The molecule has 2 aliphatic rings. The van der Waals surface area contributed by atoms with Gasteiger partial charge < -0.3 is 15.4 Å². The van der Waals surface area contributed by atoms with E-state index >= 15 is 0 Å². The van der Waals surface area contributed by atoms with Gasteiger partial charge in [-0.25, -0.2) is 4.79 Å². The number of nitrogens with one attached hydrogen (secondary N) is 2. The molecule has 6 heteroatoms. The summed E-state index contributed by atoms with van der Waals surface area (Å²) in [7, 11) is 0. The van der Waals surface area contributed by atoms with Crippen LogP contribution in [0.15, 0.2) is 41.8 Å². The summed E-state index contributed by atoms with van der Waals surface area (Å²) in [6.45, 7) is 3.57. The number of para-hydroxylation sites is 2. The zero-order chi connectivity index (χ0) is 18.6. The van der Waals surface area contributed by atoms with E-state index in [1.807, 2.05) is 42.5 Å². The van der Waals surface area contributed by atoms with Gasteiger partial charge in [0.05, 0.1) is 12.3 Å². The molecule has 2 bridgehead atoms. The van der Waals surface area contributed by atoms with E-state index in [1.54, 1.807) is 0 Å². The minimum atomic E-state index is -0.141. The van der Waals surface area contributed by atoms with Crippen LogP contribution in [0.4, 0.5) is 10.5 Å². The number of ether oxygens (including phenoxy) is 1. The number of thiophene rings is 1. The van der Waals surface area contributed by atoms with Gasteiger partial charge in [-0.2, -0.15) is 0 Å². The van der Waals surface area contributed by atoms with Crippen molar-refractivity contribution in [3.8, 4) is 5.75 Å². The van der Waals surface area contributed by atoms with Crippen LogP contribution in [0, 0.1) is 0 Å². The van der Waals surface area contributed by atoms with Gasteiger partial charge in [0.2, 0.25) is 0 Å². The number of urea groups is 1. The molecule has 27 heavy (non-hydrogen) atoms. The topological polar surface area (TPSA) is 53.6 Å². The predicted octanol–water partition coefficient (Wildman–Crippen LogP) is 4.46. The van der Waals surface area contributed by atoms with Crippen LogP contribution < -0.4 is 15.4 Å². The lowest BCUT2D eigenvalue weighted by Crippen LogP contribution is -2.50. The van der Waals surface area contributed by atoms with Crippen molar-refractivity contribution >= 4 is 23.1 Å². The van der Waals surface area contributed by atoms with E-state index in [-0.39, 0.29) is 12.1 Å². The lowest BCUT2D eigenvalue weighted by Gasteiger charge is -2.39. The first-order chi connectivity index (χ1) is 13.2. The van der Waals surface area contributed by atoms with Gasteiger partial charge in [0.1, 0.15) is 5.75 Å². The Balaban J connectivity index is 1.33. The molecule has 2 aliphatic heterocycles. The second-order valence-electron chi connectivity index (χ2n) is 7.33. The quantitative estimate of drug-likeness (QED) is 0.772. The lowest BCUT2D eigenvalue weighted by molar-refractivity contribution is 0.113. The third kappa shape index (κ3) is 4.28. The average molecular weight is 386 g/mol. The lowest BCUT2D eigenvalue weighted by atomic mass is 9.97. The van der Waals surface area contributed by atoms with Crippen LogP contribution in [0.1, 0.15) is 37.5 Å². The predicted molar refractivity (Wildman–Crippen MR) is 109 cm³/mol. The van der Waals surface area contributed by atoms with Crippen LogP contribution in [0.3, 0.4) is 0 Å². The molecule has 3 heterocycles. The molecule has 4 rings (SSSR count). The molecule has 1 aromatic heterocycles. The number of amides is 2. The molecule has 0 aliphatic carbocycles.